The SMILES string of the molecule is CCOC(=O)c1[nH]c(C)c(C(=O)COC(=O)c2ccc(S(=O)(=O)NC)cc2)c1C. The van der Waals surface area contributed by atoms with E-state index >= 15 is 0 Å². The van der Waals surface area contributed by atoms with Gasteiger partial charge in [0.05, 0.1) is 17.1 Å². The van der Waals surface area contributed by atoms with Gasteiger partial charge in [0.1, 0.15) is 5.69 Å². The number of sulfonamides is 1. The maximum atomic E-state index is 12.5. The third kappa shape index (κ3) is 4.90. The molecule has 29 heavy (non-hydrogen) atoms. The molecule has 9 nitrogen and oxygen atoms in total. The number of carbonyl (C=O) groups is 3. The lowest BCUT2D eigenvalue weighted by molar-refractivity contribution is 0.0473. The number of aromatic amines is 1. The predicted octanol–water partition coefficient (Wildman–Crippen LogP) is 1.76. The van der Waals surface area contributed by atoms with Gasteiger partial charge in [0.15, 0.2) is 6.61 Å². The molecule has 0 atom stereocenters. The fourth-order valence-electron chi connectivity index (χ4n) is 2.75. The Morgan fingerprint density at radius 2 is 1.66 bits per heavy atom. The van der Waals surface area contributed by atoms with E-state index in [0.717, 1.165) is 0 Å². The minimum atomic E-state index is -3.62. The number of rotatable bonds is 8. The zero-order chi connectivity index (χ0) is 21.8. The van der Waals surface area contributed by atoms with Gasteiger partial charge >= 0.3 is 11.9 Å². The van der Waals surface area contributed by atoms with Crippen molar-refractivity contribution in [3.8, 4) is 0 Å². The second-order valence-corrected chi connectivity index (χ2v) is 7.96. The average Bonchev–Trinajstić information content (AvgIpc) is 3.00. The summed E-state index contributed by atoms with van der Waals surface area (Å²) in [5, 5.41) is 0. The second-order valence-electron chi connectivity index (χ2n) is 6.08. The molecule has 0 amide bonds. The maximum absolute atomic E-state index is 12.5. The number of Topliss-reactive ketones (excluding diaryl/α,β-unsaturated/α-hetero) is 1. The molecular formula is C19H22N2O7S. The van der Waals surface area contributed by atoms with E-state index in [4.69, 9.17) is 9.47 Å². The molecule has 2 aromatic rings. The highest BCUT2D eigenvalue weighted by molar-refractivity contribution is 7.89. The lowest BCUT2D eigenvalue weighted by Crippen LogP contribution is -2.19. The lowest BCUT2D eigenvalue weighted by Gasteiger charge is -2.07. The minimum Gasteiger partial charge on any atom is -0.461 e. The molecule has 0 spiro atoms. The molecule has 10 heteroatoms. The van der Waals surface area contributed by atoms with Crippen LogP contribution in [0.15, 0.2) is 29.2 Å². The fourth-order valence-corrected chi connectivity index (χ4v) is 3.48. The molecular weight excluding hydrogens is 400 g/mol. The first-order chi connectivity index (χ1) is 13.6. The summed E-state index contributed by atoms with van der Waals surface area (Å²) >= 11 is 0. The largest absolute Gasteiger partial charge is 0.461 e. The Labute approximate surface area is 168 Å². The van der Waals surface area contributed by atoms with Gasteiger partial charge in [0.25, 0.3) is 0 Å². The van der Waals surface area contributed by atoms with Gasteiger partial charge in [-0.15, -0.1) is 0 Å². The highest BCUT2D eigenvalue weighted by atomic mass is 32.2. The third-order valence-corrected chi connectivity index (χ3v) is 5.63. The van der Waals surface area contributed by atoms with E-state index in [0.29, 0.717) is 11.3 Å². The van der Waals surface area contributed by atoms with Crippen LogP contribution in [0.2, 0.25) is 0 Å². The normalized spacial score (nSPS) is 11.2. The Morgan fingerprint density at radius 1 is 1.03 bits per heavy atom. The molecule has 0 aliphatic carbocycles. The third-order valence-electron chi connectivity index (χ3n) is 4.20. The molecule has 0 aliphatic heterocycles. The summed E-state index contributed by atoms with van der Waals surface area (Å²) in [4.78, 5) is 39.4. The molecule has 0 radical (unpaired) electrons. The summed E-state index contributed by atoms with van der Waals surface area (Å²) in [6, 6.07) is 5.11. The Kier molecular flexibility index (Phi) is 6.93. The molecule has 2 N–H and O–H groups in total. The standard InChI is InChI=1S/C19H22N2O7S/c1-5-27-19(24)17-11(2)16(12(3)21-17)15(22)10-28-18(23)13-6-8-14(9-7-13)29(25,26)20-4/h6-9,20-21H,5,10H2,1-4H3. The van der Waals surface area contributed by atoms with Crippen LogP contribution in [-0.4, -0.2) is 51.4 Å². The zero-order valence-electron chi connectivity index (χ0n) is 16.5. The van der Waals surface area contributed by atoms with Crippen LogP contribution in [0.3, 0.4) is 0 Å². The number of carbonyl (C=O) groups excluding carboxylic acids is 3. The molecule has 0 unspecified atom stereocenters. The molecule has 0 saturated heterocycles. The van der Waals surface area contributed by atoms with Crippen molar-refractivity contribution < 1.29 is 32.3 Å². The highest BCUT2D eigenvalue weighted by Crippen LogP contribution is 2.20. The number of aryl methyl sites for hydroxylation is 1. The predicted molar refractivity (Wildman–Crippen MR) is 104 cm³/mol. The maximum Gasteiger partial charge on any atom is 0.355 e. The number of hydrogen-bond acceptors (Lipinski definition) is 7. The molecule has 156 valence electrons. The van der Waals surface area contributed by atoms with Crippen molar-refractivity contribution in [3.05, 3.63) is 52.3 Å². The van der Waals surface area contributed by atoms with E-state index in [1.165, 1.54) is 31.3 Å². The van der Waals surface area contributed by atoms with Gasteiger partial charge in [-0.1, -0.05) is 0 Å². The number of ether oxygens (including phenoxy) is 2. The zero-order valence-corrected chi connectivity index (χ0v) is 17.3. The lowest BCUT2D eigenvalue weighted by atomic mass is 10.1. The van der Waals surface area contributed by atoms with E-state index < -0.39 is 34.4 Å². The number of esters is 2. The van der Waals surface area contributed by atoms with Crippen molar-refractivity contribution in [1.29, 1.82) is 0 Å². The molecule has 1 heterocycles. The van der Waals surface area contributed by atoms with Crippen LogP contribution < -0.4 is 4.72 Å². The van der Waals surface area contributed by atoms with E-state index in [2.05, 4.69) is 9.71 Å². The molecule has 0 fully saturated rings. The Morgan fingerprint density at radius 3 is 2.21 bits per heavy atom. The topological polar surface area (TPSA) is 132 Å². The molecule has 1 aromatic carbocycles. The fraction of sp³-hybridized carbons (Fsp3) is 0.316. The van der Waals surface area contributed by atoms with Gasteiger partial charge in [-0.3, -0.25) is 4.79 Å². The van der Waals surface area contributed by atoms with Crippen molar-refractivity contribution >= 4 is 27.7 Å². The van der Waals surface area contributed by atoms with Crippen molar-refractivity contribution in [2.75, 3.05) is 20.3 Å². The Hall–Kier alpha value is -2.98. The van der Waals surface area contributed by atoms with Crippen molar-refractivity contribution in [3.63, 3.8) is 0 Å². The van der Waals surface area contributed by atoms with Gasteiger partial charge in [-0.05, 0) is 57.6 Å². The van der Waals surface area contributed by atoms with Crippen LogP contribution in [0.5, 0.6) is 0 Å². The summed E-state index contributed by atoms with van der Waals surface area (Å²) in [6.45, 7) is 4.58. The number of benzene rings is 1. The molecule has 0 aliphatic rings. The van der Waals surface area contributed by atoms with E-state index in [1.54, 1.807) is 20.8 Å². The van der Waals surface area contributed by atoms with Gasteiger partial charge in [-0.2, -0.15) is 0 Å². The number of ketones is 1. The second kappa shape index (κ2) is 9.01. The number of hydrogen-bond donors (Lipinski definition) is 2. The first-order valence-electron chi connectivity index (χ1n) is 8.72. The van der Waals surface area contributed by atoms with Gasteiger partial charge in [0, 0.05) is 11.3 Å². The van der Waals surface area contributed by atoms with Crippen LogP contribution in [0.4, 0.5) is 0 Å². The van der Waals surface area contributed by atoms with E-state index in [9.17, 15) is 22.8 Å². The summed E-state index contributed by atoms with van der Waals surface area (Å²) in [6.07, 6.45) is 0. The van der Waals surface area contributed by atoms with Crippen molar-refractivity contribution in [2.45, 2.75) is 25.7 Å². The Balaban J connectivity index is 2.09. The van der Waals surface area contributed by atoms with Crippen LogP contribution in [0.25, 0.3) is 0 Å². The molecule has 1 aromatic heterocycles. The van der Waals surface area contributed by atoms with E-state index in [-0.39, 0.29) is 28.3 Å². The summed E-state index contributed by atoms with van der Waals surface area (Å²) < 4.78 is 35.6. The first kappa shape index (κ1) is 22.3. The van der Waals surface area contributed by atoms with Crippen molar-refractivity contribution in [2.24, 2.45) is 0 Å². The smallest absolute Gasteiger partial charge is 0.355 e. The number of aromatic nitrogens is 1. The van der Waals surface area contributed by atoms with Crippen LogP contribution >= 0.6 is 0 Å². The van der Waals surface area contributed by atoms with Crippen LogP contribution in [0.1, 0.15) is 49.4 Å². The quantitative estimate of drug-likeness (QED) is 0.489. The molecule has 0 saturated carbocycles. The van der Waals surface area contributed by atoms with Gasteiger partial charge in [0.2, 0.25) is 15.8 Å². The van der Waals surface area contributed by atoms with Crippen LogP contribution in [-0.2, 0) is 19.5 Å². The van der Waals surface area contributed by atoms with Crippen molar-refractivity contribution in [1.82, 2.24) is 9.71 Å². The summed E-state index contributed by atoms with van der Waals surface area (Å²) in [5.74, 6) is -1.82. The molecule has 0 bridgehead atoms. The number of nitrogens with one attached hydrogen (secondary N) is 2. The van der Waals surface area contributed by atoms with E-state index in [1.807, 2.05) is 0 Å². The average molecular weight is 422 g/mol. The van der Waals surface area contributed by atoms with Gasteiger partial charge in [-0.25, -0.2) is 22.7 Å². The Bertz CT molecular complexity index is 1040. The minimum absolute atomic E-state index is 0.00214. The first-order valence-corrected chi connectivity index (χ1v) is 10.2. The highest BCUT2D eigenvalue weighted by Gasteiger charge is 2.23. The molecule has 2 rings (SSSR count). The number of H-pyrrole nitrogens is 1. The monoisotopic (exact) mass is 422 g/mol. The van der Waals surface area contributed by atoms with Gasteiger partial charge < -0.3 is 14.5 Å². The van der Waals surface area contributed by atoms with Crippen LogP contribution in [0, 0.1) is 13.8 Å². The summed E-state index contributed by atoms with van der Waals surface area (Å²) in [5.41, 5.74) is 1.43. The summed E-state index contributed by atoms with van der Waals surface area (Å²) in [7, 11) is -2.34.